The molecule has 4 rings (SSSR count). The molecule has 15 heteroatoms. The number of benzene rings is 2. The van der Waals surface area contributed by atoms with Crippen molar-refractivity contribution in [2.24, 2.45) is 0 Å². The van der Waals surface area contributed by atoms with Gasteiger partial charge in [0.1, 0.15) is 17.0 Å². The van der Waals surface area contributed by atoms with E-state index in [2.05, 4.69) is 10.2 Å². The number of piperidine rings is 1. The first-order valence-corrected chi connectivity index (χ1v) is 16.8. The molecule has 0 unspecified atom stereocenters. The number of hydrogen-bond acceptors (Lipinski definition) is 9. The molecule has 0 aliphatic carbocycles. The van der Waals surface area contributed by atoms with E-state index >= 15 is 0 Å². The van der Waals surface area contributed by atoms with Crippen LogP contribution in [0.1, 0.15) is 72.1 Å². The number of methoxy groups -OCH3 is 2. The highest BCUT2D eigenvalue weighted by Crippen LogP contribution is 2.31. The molecular formula is C35H41Cl2N3O10. The first-order chi connectivity index (χ1) is 23.8. The zero-order valence-corrected chi connectivity index (χ0v) is 29.4. The quantitative estimate of drug-likeness (QED) is 0.0856. The first-order valence-electron chi connectivity index (χ1n) is 16.0. The number of nitrogens with zero attached hydrogens (tertiary/aromatic N) is 2. The van der Waals surface area contributed by atoms with Gasteiger partial charge in [-0.3, -0.25) is 19.3 Å². The number of urea groups is 1. The van der Waals surface area contributed by atoms with E-state index in [-0.39, 0.29) is 36.5 Å². The first kappa shape index (κ1) is 40.0. The number of hydrogen-bond donors (Lipinski definition) is 3. The number of imide groups is 1. The number of halogens is 2. The molecule has 3 amide bonds. The van der Waals surface area contributed by atoms with E-state index in [0.717, 1.165) is 19.4 Å². The van der Waals surface area contributed by atoms with E-state index in [0.29, 0.717) is 90.0 Å². The van der Waals surface area contributed by atoms with Crippen molar-refractivity contribution < 1.29 is 48.5 Å². The highest BCUT2D eigenvalue weighted by Gasteiger charge is 2.51. The Morgan fingerprint density at radius 1 is 0.780 bits per heavy atom. The van der Waals surface area contributed by atoms with Crippen LogP contribution in [0.25, 0.3) is 0 Å². The molecule has 13 nitrogen and oxygen atoms in total. The van der Waals surface area contributed by atoms with Crippen LogP contribution < -0.4 is 14.8 Å². The topological polar surface area (TPSA) is 180 Å². The van der Waals surface area contributed by atoms with Crippen LogP contribution in [0.5, 0.6) is 11.5 Å². The Kier molecular flexibility index (Phi) is 15.2. The number of ketones is 2. The summed E-state index contributed by atoms with van der Waals surface area (Å²) in [7, 11) is 3.03. The zero-order chi connectivity index (χ0) is 36.8. The Morgan fingerprint density at radius 3 is 1.68 bits per heavy atom. The van der Waals surface area contributed by atoms with Gasteiger partial charge in [0.15, 0.2) is 11.6 Å². The number of amides is 3. The normalized spacial score (nSPS) is 15.4. The summed E-state index contributed by atoms with van der Waals surface area (Å²) in [6.45, 7) is 2.45. The van der Waals surface area contributed by atoms with Gasteiger partial charge in [0.05, 0.1) is 25.3 Å². The standard InChI is InChI=1S/C31H37Cl2N3O6.C4H4O4/c1-41-27-11-9-21(32)19-23(27)25(37)7-3-5-15-35-17-13-31(14-18-35)29(39)36(30(40)34-31)16-6-4-8-26(38)24-20-22(33)10-12-28(24)42-2;5-3(6)1-2-4(7)8/h9-12,19-20H,3-8,13-18H2,1-2H3,(H,34,40);1-2H,(H,5,6)(H,7,8). The van der Waals surface area contributed by atoms with Crippen molar-refractivity contribution in [1.29, 1.82) is 0 Å². The van der Waals surface area contributed by atoms with Crippen molar-refractivity contribution in [3.63, 3.8) is 0 Å². The molecule has 2 aromatic rings. The molecule has 0 bridgehead atoms. The second kappa shape index (κ2) is 19.1. The zero-order valence-electron chi connectivity index (χ0n) is 27.9. The van der Waals surface area contributed by atoms with Gasteiger partial charge in [0.25, 0.3) is 5.91 Å². The maximum Gasteiger partial charge on any atom is 0.328 e. The summed E-state index contributed by atoms with van der Waals surface area (Å²) >= 11 is 12.1. The van der Waals surface area contributed by atoms with Gasteiger partial charge < -0.3 is 29.9 Å². The van der Waals surface area contributed by atoms with Crippen LogP contribution in [-0.2, 0) is 14.4 Å². The van der Waals surface area contributed by atoms with Crippen LogP contribution in [0.3, 0.4) is 0 Å². The number of aliphatic carboxylic acids is 2. The van der Waals surface area contributed by atoms with Crippen molar-refractivity contribution in [2.45, 2.75) is 56.9 Å². The van der Waals surface area contributed by atoms with Gasteiger partial charge in [-0.1, -0.05) is 23.2 Å². The number of rotatable bonds is 16. The Hall–Kier alpha value is -4.46. The van der Waals surface area contributed by atoms with Crippen LogP contribution in [0.2, 0.25) is 10.0 Å². The molecule has 50 heavy (non-hydrogen) atoms. The maximum absolute atomic E-state index is 13.3. The number of carboxylic acid groups (broad SMARTS) is 2. The van der Waals surface area contributed by atoms with E-state index < -0.39 is 17.5 Å². The fourth-order valence-corrected chi connectivity index (χ4v) is 6.11. The Balaban J connectivity index is 0.000000753. The van der Waals surface area contributed by atoms with Crippen LogP contribution >= 0.6 is 23.2 Å². The van der Waals surface area contributed by atoms with Crippen LogP contribution in [0.4, 0.5) is 4.79 Å². The summed E-state index contributed by atoms with van der Waals surface area (Å²) in [5.74, 6) is -1.80. The Bertz CT molecular complexity index is 1590. The molecule has 0 aromatic heterocycles. The van der Waals surface area contributed by atoms with Gasteiger partial charge in [-0.25, -0.2) is 14.4 Å². The molecule has 2 fully saturated rings. The summed E-state index contributed by atoms with van der Waals surface area (Å²) < 4.78 is 10.5. The summed E-state index contributed by atoms with van der Waals surface area (Å²) in [4.78, 5) is 74.0. The van der Waals surface area contributed by atoms with Gasteiger partial charge in [-0.15, -0.1) is 0 Å². The van der Waals surface area contributed by atoms with E-state index in [9.17, 15) is 28.8 Å². The highest BCUT2D eigenvalue weighted by molar-refractivity contribution is 6.31. The highest BCUT2D eigenvalue weighted by atomic mass is 35.5. The van der Waals surface area contributed by atoms with Gasteiger partial charge in [-0.2, -0.15) is 0 Å². The summed E-state index contributed by atoms with van der Waals surface area (Å²) in [5.41, 5.74) is 0.0629. The molecule has 0 atom stereocenters. The molecule has 2 aromatic carbocycles. The lowest BCUT2D eigenvalue weighted by atomic mass is 9.87. The number of carbonyl (C=O) groups excluding carboxylic acids is 4. The van der Waals surface area contributed by atoms with Crippen molar-refractivity contribution in [3.8, 4) is 11.5 Å². The number of ether oxygens (including phenoxy) is 2. The predicted molar refractivity (Wildman–Crippen MR) is 185 cm³/mol. The monoisotopic (exact) mass is 733 g/mol. The fourth-order valence-electron chi connectivity index (χ4n) is 5.76. The Labute approximate surface area is 300 Å². The van der Waals surface area contributed by atoms with Crippen LogP contribution in [-0.4, -0.2) is 101 Å². The molecule has 2 aliphatic heterocycles. The number of likely N-dealkylation sites (tertiary alicyclic amines) is 1. The van der Waals surface area contributed by atoms with Crippen molar-refractivity contribution in [3.05, 3.63) is 69.7 Å². The van der Waals surface area contributed by atoms with Crippen LogP contribution in [0.15, 0.2) is 48.6 Å². The minimum atomic E-state index is -1.26. The third-order valence-electron chi connectivity index (χ3n) is 8.41. The molecule has 2 saturated heterocycles. The molecule has 0 radical (unpaired) electrons. The number of carbonyl (C=O) groups is 6. The SMILES string of the molecule is COc1ccc(Cl)cc1C(=O)CCCCN1CCC2(CC1)NC(=O)N(CCCCC(=O)c1cc(Cl)ccc1OC)C2=O.O=C(O)C=CC(=O)O. The smallest absolute Gasteiger partial charge is 0.328 e. The maximum atomic E-state index is 13.3. The molecular weight excluding hydrogens is 693 g/mol. The molecule has 2 heterocycles. The van der Waals surface area contributed by atoms with Crippen molar-refractivity contribution >= 4 is 58.6 Å². The van der Waals surface area contributed by atoms with Crippen molar-refractivity contribution in [1.82, 2.24) is 15.1 Å². The Morgan fingerprint density at radius 2 is 1.24 bits per heavy atom. The second-order valence-corrected chi connectivity index (χ2v) is 12.6. The molecule has 3 N–H and O–H groups in total. The molecule has 2 aliphatic rings. The van der Waals surface area contributed by atoms with Crippen LogP contribution in [0, 0.1) is 0 Å². The minimum absolute atomic E-state index is 0.000131. The average molecular weight is 735 g/mol. The van der Waals surface area contributed by atoms with E-state index in [4.69, 9.17) is 42.9 Å². The molecule has 0 saturated carbocycles. The third kappa shape index (κ3) is 11.3. The number of unbranched alkanes of at least 4 members (excludes halogenated alkanes) is 2. The second-order valence-electron chi connectivity index (χ2n) is 11.8. The summed E-state index contributed by atoms with van der Waals surface area (Å²) in [6.07, 6.45) is 5.48. The van der Waals surface area contributed by atoms with Crippen molar-refractivity contribution in [2.75, 3.05) is 40.4 Å². The van der Waals surface area contributed by atoms with Gasteiger partial charge in [0.2, 0.25) is 0 Å². The molecule has 1 spiro atoms. The summed E-state index contributed by atoms with van der Waals surface area (Å²) in [6, 6.07) is 9.58. The number of carboxylic acids is 2. The lowest BCUT2D eigenvalue weighted by Crippen LogP contribution is -2.55. The lowest BCUT2D eigenvalue weighted by molar-refractivity contribution is -0.134. The number of nitrogens with one attached hydrogen (secondary N) is 1. The number of Topliss-reactive ketones (excluding diaryl/α,β-unsaturated/α-hetero) is 2. The average Bonchev–Trinajstić information content (AvgIpc) is 3.32. The van der Waals surface area contributed by atoms with E-state index in [1.165, 1.54) is 19.1 Å². The summed E-state index contributed by atoms with van der Waals surface area (Å²) in [5, 5.41) is 19.5. The van der Waals surface area contributed by atoms with E-state index in [1.54, 1.807) is 36.4 Å². The third-order valence-corrected chi connectivity index (χ3v) is 8.88. The minimum Gasteiger partial charge on any atom is -0.496 e. The fraction of sp³-hybridized carbons (Fsp3) is 0.429. The van der Waals surface area contributed by atoms with E-state index in [1.807, 2.05) is 0 Å². The van der Waals surface area contributed by atoms with Gasteiger partial charge in [-0.05, 0) is 81.5 Å². The molecule has 270 valence electrons. The predicted octanol–water partition coefficient (Wildman–Crippen LogP) is 5.52. The van der Waals surface area contributed by atoms with Gasteiger partial charge >= 0.3 is 18.0 Å². The lowest BCUT2D eigenvalue weighted by Gasteiger charge is -2.37. The van der Waals surface area contributed by atoms with Gasteiger partial charge in [0, 0.05) is 54.7 Å². The largest absolute Gasteiger partial charge is 0.496 e.